The standard InChI is InChI=1S/C12H14BrClO/c1-2-3-4-8-11(15)9-6-5-7-10(13)12(9)14/h2,5-7,11,15H,1,3-4,8H2. The first-order valence-electron chi connectivity index (χ1n) is 4.89. The van der Waals surface area contributed by atoms with E-state index < -0.39 is 6.10 Å². The fourth-order valence-corrected chi connectivity index (χ4v) is 2.02. The minimum atomic E-state index is -0.491. The number of unbranched alkanes of at least 4 members (excludes halogenated alkanes) is 1. The summed E-state index contributed by atoms with van der Waals surface area (Å²) in [6.45, 7) is 3.65. The van der Waals surface area contributed by atoms with Crippen molar-refractivity contribution < 1.29 is 5.11 Å². The third kappa shape index (κ3) is 3.63. The minimum absolute atomic E-state index is 0.491. The number of hydrogen-bond acceptors (Lipinski definition) is 1. The molecule has 3 heteroatoms. The summed E-state index contributed by atoms with van der Waals surface area (Å²) in [5.41, 5.74) is 0.787. The third-order valence-electron chi connectivity index (χ3n) is 2.23. The van der Waals surface area contributed by atoms with E-state index in [9.17, 15) is 5.11 Å². The lowest BCUT2D eigenvalue weighted by molar-refractivity contribution is 0.165. The van der Waals surface area contributed by atoms with Crippen LogP contribution in [0.3, 0.4) is 0 Å². The quantitative estimate of drug-likeness (QED) is 0.625. The zero-order chi connectivity index (χ0) is 11.3. The molecule has 1 atom stereocenters. The third-order valence-corrected chi connectivity index (χ3v) is 3.54. The van der Waals surface area contributed by atoms with E-state index in [2.05, 4.69) is 22.5 Å². The fraction of sp³-hybridized carbons (Fsp3) is 0.333. The molecule has 0 fully saturated rings. The van der Waals surface area contributed by atoms with E-state index in [0.29, 0.717) is 11.4 Å². The summed E-state index contributed by atoms with van der Waals surface area (Å²) in [4.78, 5) is 0. The molecule has 0 aliphatic heterocycles. The first kappa shape index (κ1) is 12.8. The second-order valence-corrected chi connectivity index (χ2v) is 4.61. The highest BCUT2D eigenvalue weighted by Crippen LogP contribution is 2.32. The molecular weight excluding hydrogens is 275 g/mol. The lowest BCUT2D eigenvalue weighted by atomic mass is 10.0. The van der Waals surface area contributed by atoms with Crippen LogP contribution < -0.4 is 0 Å². The Balaban J connectivity index is 2.68. The summed E-state index contributed by atoms with van der Waals surface area (Å²) >= 11 is 9.41. The van der Waals surface area contributed by atoms with Crippen LogP contribution in [0.4, 0.5) is 0 Å². The van der Waals surface area contributed by atoms with Crippen LogP contribution in [-0.2, 0) is 0 Å². The van der Waals surface area contributed by atoms with Gasteiger partial charge in [-0.05, 0) is 41.3 Å². The summed E-state index contributed by atoms with van der Waals surface area (Å²) in [6.07, 6.45) is 3.92. The maximum absolute atomic E-state index is 9.91. The highest BCUT2D eigenvalue weighted by molar-refractivity contribution is 9.10. The van der Waals surface area contributed by atoms with Crippen molar-refractivity contribution in [3.8, 4) is 0 Å². The number of halogens is 2. The largest absolute Gasteiger partial charge is 0.388 e. The SMILES string of the molecule is C=CCCCC(O)c1cccc(Br)c1Cl. The Bertz CT molecular complexity index is 338. The van der Waals surface area contributed by atoms with Gasteiger partial charge in [-0.3, -0.25) is 0 Å². The second-order valence-electron chi connectivity index (χ2n) is 3.38. The lowest BCUT2D eigenvalue weighted by Gasteiger charge is -2.12. The molecule has 0 amide bonds. The zero-order valence-electron chi connectivity index (χ0n) is 8.42. The van der Waals surface area contributed by atoms with E-state index in [1.165, 1.54) is 0 Å². The summed E-state index contributed by atoms with van der Waals surface area (Å²) in [5.74, 6) is 0. The van der Waals surface area contributed by atoms with Gasteiger partial charge in [0.2, 0.25) is 0 Å². The number of aliphatic hydroxyl groups is 1. The zero-order valence-corrected chi connectivity index (χ0v) is 10.8. The summed E-state index contributed by atoms with van der Waals surface area (Å²) in [5, 5.41) is 10.5. The molecule has 0 radical (unpaired) electrons. The number of rotatable bonds is 5. The van der Waals surface area contributed by atoms with Gasteiger partial charge in [0.1, 0.15) is 0 Å². The fourth-order valence-electron chi connectivity index (χ4n) is 1.39. The maximum atomic E-state index is 9.91. The van der Waals surface area contributed by atoms with Crippen molar-refractivity contribution in [2.45, 2.75) is 25.4 Å². The van der Waals surface area contributed by atoms with E-state index in [4.69, 9.17) is 11.6 Å². The van der Waals surface area contributed by atoms with Crippen molar-refractivity contribution in [2.75, 3.05) is 0 Å². The molecule has 0 bridgehead atoms. The number of allylic oxidation sites excluding steroid dienone is 1. The Kier molecular flexibility index (Phi) is 5.37. The van der Waals surface area contributed by atoms with E-state index in [-0.39, 0.29) is 0 Å². The Morgan fingerprint density at radius 1 is 1.53 bits per heavy atom. The van der Waals surface area contributed by atoms with Crippen molar-refractivity contribution in [3.05, 3.63) is 45.9 Å². The molecule has 0 spiro atoms. The number of hydrogen-bond donors (Lipinski definition) is 1. The van der Waals surface area contributed by atoms with Crippen LogP contribution in [-0.4, -0.2) is 5.11 Å². The van der Waals surface area contributed by atoms with Crippen molar-refractivity contribution in [1.82, 2.24) is 0 Å². The van der Waals surface area contributed by atoms with Gasteiger partial charge < -0.3 is 5.11 Å². The van der Waals surface area contributed by atoms with Crippen LogP contribution in [0.15, 0.2) is 35.3 Å². The minimum Gasteiger partial charge on any atom is -0.388 e. The topological polar surface area (TPSA) is 20.2 Å². The van der Waals surface area contributed by atoms with Gasteiger partial charge >= 0.3 is 0 Å². The Labute approximate surface area is 104 Å². The van der Waals surface area contributed by atoms with Crippen molar-refractivity contribution in [1.29, 1.82) is 0 Å². The first-order chi connectivity index (χ1) is 7.16. The summed E-state index contributed by atoms with van der Waals surface area (Å²) in [6, 6.07) is 5.59. The smallest absolute Gasteiger partial charge is 0.0805 e. The molecule has 1 unspecified atom stereocenters. The Morgan fingerprint density at radius 3 is 2.93 bits per heavy atom. The molecule has 1 rings (SSSR count). The molecule has 1 N–H and O–H groups in total. The Morgan fingerprint density at radius 2 is 2.27 bits per heavy atom. The average Bonchev–Trinajstić information content (AvgIpc) is 2.22. The highest BCUT2D eigenvalue weighted by Gasteiger charge is 2.12. The average molecular weight is 290 g/mol. The molecule has 15 heavy (non-hydrogen) atoms. The van der Waals surface area contributed by atoms with E-state index in [0.717, 1.165) is 22.9 Å². The molecule has 0 saturated carbocycles. The predicted molar refractivity (Wildman–Crippen MR) is 68.2 cm³/mol. The van der Waals surface area contributed by atoms with Crippen molar-refractivity contribution in [2.24, 2.45) is 0 Å². The van der Waals surface area contributed by atoms with Crippen LogP contribution >= 0.6 is 27.5 Å². The number of aliphatic hydroxyl groups excluding tert-OH is 1. The van der Waals surface area contributed by atoms with Crippen LogP contribution in [0.2, 0.25) is 5.02 Å². The van der Waals surface area contributed by atoms with Gasteiger partial charge in [-0.1, -0.05) is 29.8 Å². The van der Waals surface area contributed by atoms with Crippen molar-refractivity contribution >= 4 is 27.5 Å². The van der Waals surface area contributed by atoms with Gasteiger partial charge in [0.25, 0.3) is 0 Å². The van der Waals surface area contributed by atoms with Crippen LogP contribution in [0.5, 0.6) is 0 Å². The molecule has 1 aromatic carbocycles. The van der Waals surface area contributed by atoms with Crippen LogP contribution in [0.1, 0.15) is 30.9 Å². The second kappa shape index (κ2) is 6.31. The molecule has 0 aliphatic rings. The summed E-state index contributed by atoms with van der Waals surface area (Å²) < 4.78 is 0.824. The maximum Gasteiger partial charge on any atom is 0.0805 e. The first-order valence-corrected chi connectivity index (χ1v) is 6.06. The van der Waals surface area contributed by atoms with Crippen LogP contribution in [0.25, 0.3) is 0 Å². The molecular formula is C12H14BrClO. The predicted octanol–water partition coefficient (Wildman–Crippen LogP) is 4.49. The van der Waals surface area contributed by atoms with Gasteiger partial charge in [0, 0.05) is 10.0 Å². The lowest BCUT2D eigenvalue weighted by Crippen LogP contribution is -1.98. The highest BCUT2D eigenvalue weighted by atomic mass is 79.9. The van der Waals surface area contributed by atoms with Crippen molar-refractivity contribution in [3.63, 3.8) is 0 Å². The van der Waals surface area contributed by atoms with Gasteiger partial charge in [-0.2, -0.15) is 0 Å². The molecule has 0 heterocycles. The Hall–Kier alpha value is -0.310. The molecule has 82 valence electrons. The van der Waals surface area contributed by atoms with E-state index in [1.807, 2.05) is 24.3 Å². The molecule has 0 aromatic heterocycles. The van der Waals surface area contributed by atoms with E-state index >= 15 is 0 Å². The van der Waals surface area contributed by atoms with E-state index in [1.54, 1.807) is 0 Å². The summed E-state index contributed by atoms with van der Waals surface area (Å²) in [7, 11) is 0. The molecule has 1 aromatic rings. The molecule has 0 saturated heterocycles. The molecule has 1 nitrogen and oxygen atoms in total. The van der Waals surface area contributed by atoms with Gasteiger partial charge in [0.05, 0.1) is 11.1 Å². The molecule has 0 aliphatic carbocycles. The number of benzene rings is 1. The van der Waals surface area contributed by atoms with Crippen LogP contribution in [0, 0.1) is 0 Å². The van der Waals surface area contributed by atoms with Gasteiger partial charge in [-0.25, -0.2) is 0 Å². The monoisotopic (exact) mass is 288 g/mol. The normalized spacial score (nSPS) is 12.5. The van der Waals surface area contributed by atoms with Gasteiger partial charge in [-0.15, -0.1) is 6.58 Å². The van der Waals surface area contributed by atoms with Gasteiger partial charge in [0.15, 0.2) is 0 Å².